The van der Waals surface area contributed by atoms with Gasteiger partial charge >= 0.3 is 0 Å². The molecular formula is C14H23N5. The Morgan fingerprint density at radius 2 is 2.16 bits per heavy atom. The first-order valence-electron chi connectivity index (χ1n) is 7.31. The first-order valence-corrected chi connectivity index (χ1v) is 7.31. The molecule has 2 aliphatic rings. The summed E-state index contributed by atoms with van der Waals surface area (Å²) >= 11 is 0. The highest BCUT2D eigenvalue weighted by molar-refractivity contribution is 5.37. The Kier molecular flexibility index (Phi) is 3.94. The number of nitrogens with one attached hydrogen (secondary N) is 1. The quantitative estimate of drug-likeness (QED) is 0.875. The van der Waals surface area contributed by atoms with Gasteiger partial charge in [-0.3, -0.25) is 9.88 Å². The standard InChI is InChI=1S/C14H23N5/c1-15-8-12-9-17-14(10-16-12)19-7-6-18-5-3-2-4-13(18)11-19/h9-10,13,15H,2-8,11H2,1H3. The molecule has 5 nitrogen and oxygen atoms in total. The van der Waals surface area contributed by atoms with Crippen LogP contribution in [0.3, 0.4) is 0 Å². The van der Waals surface area contributed by atoms with E-state index in [0.29, 0.717) is 0 Å². The Morgan fingerprint density at radius 1 is 1.21 bits per heavy atom. The highest BCUT2D eigenvalue weighted by Gasteiger charge is 2.29. The number of hydrogen-bond donors (Lipinski definition) is 1. The number of aromatic nitrogens is 2. The molecule has 0 spiro atoms. The van der Waals surface area contributed by atoms with Crippen molar-refractivity contribution < 1.29 is 0 Å². The number of rotatable bonds is 3. The van der Waals surface area contributed by atoms with E-state index in [9.17, 15) is 0 Å². The van der Waals surface area contributed by atoms with E-state index < -0.39 is 0 Å². The van der Waals surface area contributed by atoms with Crippen LogP contribution in [0.5, 0.6) is 0 Å². The summed E-state index contributed by atoms with van der Waals surface area (Å²) in [4.78, 5) is 14.1. The molecule has 0 saturated carbocycles. The van der Waals surface area contributed by atoms with Crippen molar-refractivity contribution in [1.82, 2.24) is 20.2 Å². The molecule has 0 aromatic carbocycles. The summed E-state index contributed by atoms with van der Waals surface area (Å²) in [5.74, 6) is 1.03. The minimum atomic E-state index is 0.723. The zero-order valence-corrected chi connectivity index (χ0v) is 11.7. The number of fused-ring (bicyclic) bond motifs is 1. The Bertz CT molecular complexity index is 405. The van der Waals surface area contributed by atoms with Crippen LogP contribution in [0.15, 0.2) is 12.4 Å². The summed E-state index contributed by atoms with van der Waals surface area (Å²) < 4.78 is 0. The van der Waals surface area contributed by atoms with Gasteiger partial charge in [-0.2, -0.15) is 0 Å². The van der Waals surface area contributed by atoms with Crippen LogP contribution in [0, 0.1) is 0 Å². The second kappa shape index (κ2) is 5.84. The first-order chi connectivity index (χ1) is 9.36. The van der Waals surface area contributed by atoms with Crippen molar-refractivity contribution in [3.8, 4) is 0 Å². The molecule has 2 fully saturated rings. The van der Waals surface area contributed by atoms with Gasteiger partial charge in [-0.15, -0.1) is 0 Å². The van der Waals surface area contributed by atoms with Gasteiger partial charge in [0, 0.05) is 32.2 Å². The minimum Gasteiger partial charge on any atom is -0.352 e. The average molecular weight is 261 g/mol. The van der Waals surface area contributed by atoms with Crippen molar-refractivity contribution in [2.24, 2.45) is 0 Å². The fourth-order valence-electron chi connectivity index (χ4n) is 3.15. The van der Waals surface area contributed by atoms with E-state index in [1.165, 1.54) is 32.4 Å². The Hall–Kier alpha value is -1.20. The van der Waals surface area contributed by atoms with Crippen LogP contribution >= 0.6 is 0 Å². The van der Waals surface area contributed by atoms with Crippen LogP contribution in [-0.4, -0.2) is 54.1 Å². The van der Waals surface area contributed by atoms with Gasteiger partial charge in [-0.25, -0.2) is 4.98 Å². The van der Waals surface area contributed by atoms with Gasteiger partial charge in [-0.05, 0) is 26.4 Å². The molecule has 1 N–H and O–H groups in total. The van der Waals surface area contributed by atoms with Crippen LogP contribution in [0.25, 0.3) is 0 Å². The predicted molar refractivity (Wildman–Crippen MR) is 76.2 cm³/mol. The molecule has 0 amide bonds. The van der Waals surface area contributed by atoms with Gasteiger partial charge in [0.2, 0.25) is 0 Å². The van der Waals surface area contributed by atoms with Gasteiger partial charge < -0.3 is 10.2 Å². The minimum absolute atomic E-state index is 0.723. The second-order valence-electron chi connectivity index (χ2n) is 5.53. The van der Waals surface area contributed by atoms with Crippen molar-refractivity contribution >= 4 is 5.82 Å². The third-order valence-electron chi connectivity index (χ3n) is 4.21. The summed E-state index contributed by atoms with van der Waals surface area (Å²) in [7, 11) is 1.93. The van der Waals surface area contributed by atoms with E-state index in [1.807, 2.05) is 19.4 Å². The molecule has 1 aromatic heterocycles. The molecule has 0 aliphatic carbocycles. The van der Waals surface area contributed by atoms with Crippen LogP contribution in [0.2, 0.25) is 0 Å². The average Bonchev–Trinajstić information content (AvgIpc) is 2.48. The van der Waals surface area contributed by atoms with Crippen molar-refractivity contribution in [3.63, 3.8) is 0 Å². The van der Waals surface area contributed by atoms with Crippen molar-refractivity contribution in [1.29, 1.82) is 0 Å². The number of anilines is 1. The maximum atomic E-state index is 4.56. The molecule has 0 bridgehead atoms. The van der Waals surface area contributed by atoms with Crippen LogP contribution in [0.4, 0.5) is 5.82 Å². The molecule has 1 atom stereocenters. The van der Waals surface area contributed by atoms with Gasteiger partial charge in [0.05, 0.1) is 18.1 Å². The van der Waals surface area contributed by atoms with E-state index in [-0.39, 0.29) is 0 Å². The molecule has 2 saturated heterocycles. The second-order valence-corrected chi connectivity index (χ2v) is 5.53. The van der Waals surface area contributed by atoms with Crippen LogP contribution in [0.1, 0.15) is 25.0 Å². The maximum absolute atomic E-state index is 4.56. The number of nitrogens with zero attached hydrogens (tertiary/aromatic N) is 4. The summed E-state index contributed by atoms with van der Waals surface area (Å²) in [5, 5.41) is 3.10. The first kappa shape index (κ1) is 12.8. The molecule has 2 aliphatic heterocycles. The lowest BCUT2D eigenvalue weighted by atomic mass is 9.99. The van der Waals surface area contributed by atoms with Crippen molar-refractivity contribution in [3.05, 3.63) is 18.1 Å². The normalized spacial score (nSPS) is 24.3. The third-order valence-corrected chi connectivity index (χ3v) is 4.21. The maximum Gasteiger partial charge on any atom is 0.147 e. The Morgan fingerprint density at radius 3 is 2.95 bits per heavy atom. The van der Waals surface area contributed by atoms with E-state index in [2.05, 4.69) is 25.1 Å². The van der Waals surface area contributed by atoms with E-state index in [4.69, 9.17) is 0 Å². The monoisotopic (exact) mass is 261 g/mol. The topological polar surface area (TPSA) is 44.3 Å². The number of hydrogen-bond acceptors (Lipinski definition) is 5. The SMILES string of the molecule is CNCc1cnc(N2CCN3CCCCC3C2)cn1. The Labute approximate surface area is 115 Å². The van der Waals surface area contributed by atoms with E-state index in [0.717, 1.165) is 37.2 Å². The van der Waals surface area contributed by atoms with E-state index in [1.54, 1.807) is 0 Å². The van der Waals surface area contributed by atoms with Crippen LogP contribution in [-0.2, 0) is 6.54 Å². The zero-order valence-electron chi connectivity index (χ0n) is 11.7. The lowest BCUT2D eigenvalue weighted by molar-refractivity contribution is 0.133. The largest absolute Gasteiger partial charge is 0.352 e. The summed E-state index contributed by atoms with van der Waals surface area (Å²) in [6.07, 6.45) is 7.89. The molecule has 0 radical (unpaired) electrons. The molecule has 5 heteroatoms. The summed E-state index contributed by atoms with van der Waals surface area (Å²) in [6, 6.07) is 0.723. The van der Waals surface area contributed by atoms with Gasteiger partial charge in [0.25, 0.3) is 0 Å². The molecule has 3 rings (SSSR count). The number of piperazine rings is 1. The highest BCUT2D eigenvalue weighted by atomic mass is 15.3. The molecule has 1 aromatic rings. The van der Waals surface area contributed by atoms with E-state index >= 15 is 0 Å². The highest BCUT2D eigenvalue weighted by Crippen LogP contribution is 2.23. The molecule has 3 heterocycles. The Balaban J connectivity index is 1.65. The van der Waals surface area contributed by atoms with Gasteiger partial charge in [-0.1, -0.05) is 6.42 Å². The lowest BCUT2D eigenvalue weighted by Crippen LogP contribution is -2.55. The van der Waals surface area contributed by atoms with Crippen molar-refractivity contribution in [2.45, 2.75) is 31.8 Å². The molecule has 1 unspecified atom stereocenters. The fourth-order valence-corrected chi connectivity index (χ4v) is 3.15. The van der Waals surface area contributed by atoms with Crippen LogP contribution < -0.4 is 10.2 Å². The predicted octanol–water partition coefficient (Wildman–Crippen LogP) is 0.870. The molecule has 19 heavy (non-hydrogen) atoms. The van der Waals surface area contributed by atoms with Crippen molar-refractivity contribution in [2.75, 3.05) is 38.1 Å². The fraction of sp³-hybridized carbons (Fsp3) is 0.714. The zero-order chi connectivity index (χ0) is 13.1. The smallest absolute Gasteiger partial charge is 0.147 e. The molecule has 104 valence electrons. The summed E-state index contributed by atoms with van der Waals surface area (Å²) in [5.41, 5.74) is 1.00. The van der Waals surface area contributed by atoms with Gasteiger partial charge in [0.15, 0.2) is 0 Å². The lowest BCUT2D eigenvalue weighted by Gasteiger charge is -2.44. The number of piperidine rings is 1. The van der Waals surface area contributed by atoms with Gasteiger partial charge in [0.1, 0.15) is 5.82 Å². The molecular weight excluding hydrogens is 238 g/mol. The third kappa shape index (κ3) is 2.87. The summed E-state index contributed by atoms with van der Waals surface area (Å²) in [6.45, 7) is 5.43.